The third-order valence-electron chi connectivity index (χ3n) is 3.84. The van der Waals surface area contributed by atoms with E-state index in [9.17, 15) is 18.0 Å². The Bertz CT molecular complexity index is 954. The Morgan fingerprint density at radius 1 is 1.04 bits per heavy atom. The van der Waals surface area contributed by atoms with Gasteiger partial charge >= 0.3 is 5.97 Å². The lowest BCUT2D eigenvalue weighted by Crippen LogP contribution is -2.31. The van der Waals surface area contributed by atoms with Crippen molar-refractivity contribution in [1.82, 2.24) is 4.31 Å². The van der Waals surface area contributed by atoms with Gasteiger partial charge < -0.3 is 10.5 Å². The molecule has 0 heterocycles. The van der Waals surface area contributed by atoms with Crippen molar-refractivity contribution in [3.63, 3.8) is 0 Å². The average molecular weight is 411 g/mol. The molecule has 0 bridgehead atoms. The maximum absolute atomic E-state index is 12.7. The summed E-state index contributed by atoms with van der Waals surface area (Å²) in [5, 5.41) is 0.0178. The number of primary amides is 1. The minimum atomic E-state index is -3.83. The molecule has 9 heteroatoms. The summed E-state index contributed by atoms with van der Waals surface area (Å²) < 4.78 is 31.8. The Balaban J connectivity index is 2.31. The fourth-order valence-electron chi connectivity index (χ4n) is 2.38. The molecule has 0 saturated carbocycles. The molecule has 0 fully saturated rings. The van der Waals surface area contributed by atoms with Crippen molar-refractivity contribution < 1.29 is 22.7 Å². The summed E-state index contributed by atoms with van der Waals surface area (Å²) >= 11 is 6.05. The van der Waals surface area contributed by atoms with E-state index in [0.717, 1.165) is 0 Å². The monoisotopic (exact) mass is 410 g/mol. The van der Waals surface area contributed by atoms with Crippen molar-refractivity contribution in [2.75, 3.05) is 13.1 Å². The highest BCUT2D eigenvalue weighted by Crippen LogP contribution is 2.26. The minimum Gasteiger partial charge on any atom is -0.423 e. The predicted octanol–water partition coefficient (Wildman–Crippen LogP) is 2.69. The van der Waals surface area contributed by atoms with Gasteiger partial charge in [-0.1, -0.05) is 25.4 Å². The Labute approximate surface area is 162 Å². The van der Waals surface area contributed by atoms with Crippen LogP contribution in [0.2, 0.25) is 5.02 Å². The summed E-state index contributed by atoms with van der Waals surface area (Å²) in [7, 11) is -3.83. The number of hydrogen-bond donors (Lipinski definition) is 1. The summed E-state index contributed by atoms with van der Waals surface area (Å²) in [4.78, 5) is 23.3. The molecule has 27 heavy (non-hydrogen) atoms. The number of nitrogens with two attached hydrogens (primary N) is 1. The van der Waals surface area contributed by atoms with E-state index in [1.54, 1.807) is 13.8 Å². The molecule has 0 spiro atoms. The second kappa shape index (κ2) is 8.51. The first-order valence-corrected chi connectivity index (χ1v) is 9.94. The van der Waals surface area contributed by atoms with E-state index in [0.29, 0.717) is 0 Å². The second-order valence-corrected chi connectivity index (χ2v) is 7.83. The van der Waals surface area contributed by atoms with Gasteiger partial charge in [-0.15, -0.1) is 0 Å². The van der Waals surface area contributed by atoms with Crippen LogP contribution in [0.5, 0.6) is 5.75 Å². The molecule has 0 unspecified atom stereocenters. The van der Waals surface area contributed by atoms with Crippen LogP contribution >= 0.6 is 11.6 Å². The van der Waals surface area contributed by atoms with Crippen molar-refractivity contribution in [3.05, 3.63) is 58.6 Å². The van der Waals surface area contributed by atoms with Gasteiger partial charge in [-0.25, -0.2) is 13.2 Å². The highest BCUT2D eigenvalue weighted by Gasteiger charge is 2.26. The van der Waals surface area contributed by atoms with Crippen molar-refractivity contribution in [3.8, 4) is 5.75 Å². The number of hydrogen-bond acceptors (Lipinski definition) is 5. The van der Waals surface area contributed by atoms with Gasteiger partial charge in [0, 0.05) is 18.7 Å². The minimum absolute atomic E-state index is 0.0178. The van der Waals surface area contributed by atoms with Crippen molar-refractivity contribution in [1.29, 1.82) is 0 Å². The summed E-state index contributed by atoms with van der Waals surface area (Å²) in [6, 6.07) is 9.58. The summed E-state index contributed by atoms with van der Waals surface area (Å²) in [6.45, 7) is 3.97. The molecule has 2 aromatic rings. The number of ether oxygens (including phenoxy) is 1. The zero-order valence-corrected chi connectivity index (χ0v) is 16.4. The molecule has 1 amide bonds. The van der Waals surface area contributed by atoms with Crippen LogP contribution in [0, 0.1) is 0 Å². The smallest absolute Gasteiger partial charge is 0.343 e. The molecule has 0 atom stereocenters. The molecule has 2 rings (SSSR count). The zero-order chi connectivity index (χ0) is 20.2. The summed E-state index contributed by atoms with van der Waals surface area (Å²) in [5.41, 5.74) is 5.46. The van der Waals surface area contributed by atoms with Crippen LogP contribution in [0.3, 0.4) is 0 Å². The number of amides is 1. The average Bonchev–Trinajstić information content (AvgIpc) is 2.63. The molecule has 0 aliphatic heterocycles. The first kappa shape index (κ1) is 20.9. The first-order valence-electron chi connectivity index (χ1n) is 8.12. The molecule has 0 aliphatic carbocycles. The van der Waals surface area contributed by atoms with E-state index in [4.69, 9.17) is 22.1 Å². The van der Waals surface area contributed by atoms with Gasteiger partial charge in [0.2, 0.25) is 15.9 Å². The molecule has 0 saturated heterocycles. The molecule has 2 aromatic carbocycles. The van der Waals surface area contributed by atoms with Crippen molar-refractivity contribution in [2.45, 2.75) is 18.7 Å². The third-order valence-corrected chi connectivity index (χ3v) is 6.37. The molecule has 2 N–H and O–H groups in total. The second-order valence-electron chi connectivity index (χ2n) is 5.51. The Hall–Kier alpha value is -2.42. The van der Waals surface area contributed by atoms with Crippen LogP contribution in [0.1, 0.15) is 34.6 Å². The molecule has 144 valence electrons. The summed E-state index contributed by atoms with van der Waals surface area (Å²) in [6.07, 6.45) is 0. The van der Waals surface area contributed by atoms with Gasteiger partial charge in [-0.2, -0.15) is 4.31 Å². The SMILES string of the molecule is CCN(CC)S(=O)(=O)c1cc(C(=O)Oc2ccc(C(N)=O)cc2)ccc1Cl. The van der Waals surface area contributed by atoms with E-state index >= 15 is 0 Å². The van der Waals surface area contributed by atoms with E-state index < -0.39 is 21.9 Å². The van der Waals surface area contributed by atoms with Crippen molar-refractivity contribution in [2.24, 2.45) is 5.73 Å². The maximum Gasteiger partial charge on any atom is 0.343 e. The lowest BCUT2D eigenvalue weighted by Gasteiger charge is -2.19. The van der Waals surface area contributed by atoms with E-state index in [1.807, 2.05) is 0 Å². The number of carbonyl (C=O) groups is 2. The Kier molecular flexibility index (Phi) is 6.59. The van der Waals surface area contributed by atoms with E-state index in [2.05, 4.69) is 0 Å². The molecular formula is C18H19ClN2O5S. The number of benzene rings is 2. The first-order chi connectivity index (χ1) is 12.7. The van der Waals surface area contributed by atoms with E-state index in [1.165, 1.54) is 46.8 Å². The number of carbonyl (C=O) groups excluding carboxylic acids is 2. The molecule has 7 nitrogen and oxygen atoms in total. The zero-order valence-electron chi connectivity index (χ0n) is 14.8. The fraction of sp³-hybridized carbons (Fsp3) is 0.222. The highest BCUT2D eigenvalue weighted by molar-refractivity contribution is 7.89. The molecule has 0 aliphatic rings. The topological polar surface area (TPSA) is 107 Å². The Morgan fingerprint density at radius 2 is 1.59 bits per heavy atom. The van der Waals surface area contributed by atoms with Crippen LogP contribution in [0.15, 0.2) is 47.4 Å². The quantitative estimate of drug-likeness (QED) is 0.557. The highest BCUT2D eigenvalue weighted by atomic mass is 35.5. The predicted molar refractivity (Wildman–Crippen MR) is 101 cm³/mol. The van der Waals surface area contributed by atoms with Gasteiger partial charge in [0.1, 0.15) is 10.6 Å². The van der Waals surface area contributed by atoms with Crippen molar-refractivity contribution >= 4 is 33.5 Å². The number of rotatable bonds is 7. The van der Waals surface area contributed by atoms with Gasteiger partial charge in [-0.3, -0.25) is 4.79 Å². The fourth-order valence-corrected chi connectivity index (χ4v) is 4.34. The number of sulfonamides is 1. The largest absolute Gasteiger partial charge is 0.423 e. The van der Waals surface area contributed by atoms with E-state index in [-0.39, 0.29) is 39.9 Å². The number of nitrogens with zero attached hydrogens (tertiary/aromatic N) is 1. The van der Waals surface area contributed by atoms with Gasteiger partial charge in [0.25, 0.3) is 0 Å². The molecule has 0 aromatic heterocycles. The van der Waals surface area contributed by atoms with Gasteiger partial charge in [0.15, 0.2) is 0 Å². The van der Waals surface area contributed by atoms with Gasteiger partial charge in [-0.05, 0) is 42.5 Å². The third kappa shape index (κ3) is 4.65. The van der Waals surface area contributed by atoms with Crippen LogP contribution in [-0.4, -0.2) is 37.7 Å². The van der Waals surface area contributed by atoms with Crippen LogP contribution < -0.4 is 10.5 Å². The molecule has 0 radical (unpaired) electrons. The lowest BCUT2D eigenvalue weighted by molar-refractivity contribution is 0.0734. The summed E-state index contributed by atoms with van der Waals surface area (Å²) in [5.74, 6) is -1.17. The van der Waals surface area contributed by atoms with Crippen LogP contribution in [-0.2, 0) is 10.0 Å². The number of esters is 1. The standard InChI is InChI=1S/C18H19ClN2O5S/c1-3-21(4-2)27(24,25)16-11-13(7-10-15(16)19)18(23)26-14-8-5-12(6-9-14)17(20)22/h5-11H,3-4H2,1-2H3,(H2,20,22). The maximum atomic E-state index is 12.7. The van der Waals surface area contributed by atoms with Crippen LogP contribution in [0.4, 0.5) is 0 Å². The molecular weight excluding hydrogens is 392 g/mol. The Morgan fingerprint density at radius 3 is 2.11 bits per heavy atom. The van der Waals surface area contributed by atoms with Crippen LogP contribution in [0.25, 0.3) is 0 Å². The normalized spacial score (nSPS) is 11.4. The van der Waals surface area contributed by atoms with Gasteiger partial charge in [0.05, 0.1) is 10.6 Å². The lowest BCUT2D eigenvalue weighted by atomic mass is 10.2. The number of halogens is 1.